The van der Waals surface area contributed by atoms with Crippen LogP contribution in [-0.4, -0.2) is 25.4 Å². The van der Waals surface area contributed by atoms with E-state index >= 15 is 0 Å². The highest BCUT2D eigenvalue weighted by atomic mass is 32.2. The normalized spacial score (nSPS) is 10.3. The maximum absolute atomic E-state index is 12.2. The second-order valence-electron chi connectivity index (χ2n) is 4.81. The summed E-state index contributed by atoms with van der Waals surface area (Å²) in [5, 5.41) is 2.95. The quantitative estimate of drug-likeness (QED) is 0.744. The summed E-state index contributed by atoms with van der Waals surface area (Å²) in [7, 11) is 1.63. The summed E-state index contributed by atoms with van der Waals surface area (Å²) in [6.07, 6.45) is 0. The Labute approximate surface area is 141 Å². The maximum atomic E-state index is 12.2. The Bertz CT molecular complexity index is 646. The molecule has 0 spiro atoms. The summed E-state index contributed by atoms with van der Waals surface area (Å²) in [6, 6.07) is 15.4. The second kappa shape index (κ2) is 9.22. The lowest BCUT2D eigenvalue weighted by Gasteiger charge is -2.11. The molecule has 4 nitrogen and oxygen atoms in total. The van der Waals surface area contributed by atoms with Crippen LogP contribution in [0.1, 0.15) is 12.5 Å². The van der Waals surface area contributed by atoms with Crippen molar-refractivity contribution in [1.29, 1.82) is 0 Å². The Balaban J connectivity index is 1.92. The minimum atomic E-state index is -0.0400. The van der Waals surface area contributed by atoms with Gasteiger partial charge in [-0.2, -0.15) is 0 Å². The molecule has 0 aliphatic carbocycles. The fraction of sp³-hybridized carbons (Fsp3) is 0.278. The van der Waals surface area contributed by atoms with Crippen LogP contribution in [-0.2, 0) is 16.1 Å². The molecule has 122 valence electrons. The maximum Gasteiger partial charge on any atom is 0.234 e. The van der Waals surface area contributed by atoms with Gasteiger partial charge in [-0.05, 0) is 31.2 Å². The van der Waals surface area contributed by atoms with E-state index in [0.717, 1.165) is 21.9 Å². The van der Waals surface area contributed by atoms with Crippen LogP contribution in [0.2, 0.25) is 0 Å². The van der Waals surface area contributed by atoms with Crippen LogP contribution >= 0.6 is 11.8 Å². The van der Waals surface area contributed by atoms with Gasteiger partial charge in [0, 0.05) is 22.8 Å². The van der Waals surface area contributed by atoms with Crippen molar-refractivity contribution in [2.45, 2.75) is 18.4 Å². The average molecular weight is 331 g/mol. The molecule has 0 heterocycles. The van der Waals surface area contributed by atoms with Crippen LogP contribution < -0.4 is 10.1 Å². The zero-order valence-electron chi connectivity index (χ0n) is 13.4. The predicted octanol–water partition coefficient (Wildman–Crippen LogP) is 3.96. The lowest BCUT2D eigenvalue weighted by atomic mass is 10.2. The third kappa shape index (κ3) is 5.62. The molecule has 2 rings (SSSR count). The lowest BCUT2D eigenvalue weighted by Crippen LogP contribution is -2.15. The monoisotopic (exact) mass is 331 g/mol. The second-order valence-corrected chi connectivity index (χ2v) is 5.86. The fourth-order valence-electron chi connectivity index (χ4n) is 2.01. The molecule has 0 saturated carbocycles. The summed E-state index contributed by atoms with van der Waals surface area (Å²) >= 11 is 1.48. The minimum absolute atomic E-state index is 0.0400. The Morgan fingerprint density at radius 2 is 2.00 bits per heavy atom. The van der Waals surface area contributed by atoms with Crippen molar-refractivity contribution < 1.29 is 14.3 Å². The van der Waals surface area contributed by atoms with Crippen LogP contribution in [0.3, 0.4) is 0 Å². The molecule has 0 saturated heterocycles. The summed E-state index contributed by atoms with van der Waals surface area (Å²) in [5.41, 5.74) is 1.78. The standard InChI is InChI=1S/C18H21NO3S/c1-3-22-12-14-7-4-5-10-17(14)19-18(20)13-23-16-9-6-8-15(11-16)21-2/h4-11H,3,12-13H2,1-2H3,(H,19,20). The molecule has 5 heteroatoms. The van der Waals surface area contributed by atoms with E-state index in [1.165, 1.54) is 11.8 Å². The van der Waals surface area contributed by atoms with Gasteiger partial charge in [0.05, 0.1) is 19.5 Å². The van der Waals surface area contributed by atoms with Crippen molar-refractivity contribution in [1.82, 2.24) is 0 Å². The number of thioether (sulfide) groups is 1. The summed E-state index contributed by atoms with van der Waals surface area (Å²) < 4.78 is 10.6. The summed E-state index contributed by atoms with van der Waals surface area (Å²) in [5.74, 6) is 1.09. The zero-order chi connectivity index (χ0) is 16.5. The molecular weight excluding hydrogens is 310 g/mol. The third-order valence-electron chi connectivity index (χ3n) is 3.16. The molecule has 0 radical (unpaired) electrons. The molecule has 2 aromatic rings. The van der Waals surface area contributed by atoms with E-state index < -0.39 is 0 Å². The van der Waals surface area contributed by atoms with Crippen LogP contribution in [0.15, 0.2) is 53.4 Å². The van der Waals surface area contributed by atoms with Crippen LogP contribution in [0, 0.1) is 0 Å². The van der Waals surface area contributed by atoms with Crippen molar-refractivity contribution >= 4 is 23.4 Å². The first-order chi connectivity index (χ1) is 11.2. The number of amides is 1. The first-order valence-electron chi connectivity index (χ1n) is 7.45. The number of methoxy groups -OCH3 is 1. The van der Waals surface area contributed by atoms with Gasteiger partial charge >= 0.3 is 0 Å². The van der Waals surface area contributed by atoms with Crippen molar-refractivity contribution in [3.8, 4) is 5.75 Å². The number of carbonyl (C=O) groups excluding carboxylic acids is 1. The van der Waals surface area contributed by atoms with Crippen LogP contribution in [0.25, 0.3) is 0 Å². The molecule has 0 atom stereocenters. The topological polar surface area (TPSA) is 47.6 Å². The molecule has 1 amide bonds. The minimum Gasteiger partial charge on any atom is -0.497 e. The van der Waals surface area contributed by atoms with Crippen LogP contribution in [0.5, 0.6) is 5.75 Å². The molecule has 23 heavy (non-hydrogen) atoms. The van der Waals surface area contributed by atoms with E-state index in [-0.39, 0.29) is 5.91 Å². The van der Waals surface area contributed by atoms with E-state index in [2.05, 4.69) is 5.32 Å². The Morgan fingerprint density at radius 1 is 1.17 bits per heavy atom. The molecule has 0 fully saturated rings. The predicted molar refractivity (Wildman–Crippen MR) is 94.1 cm³/mol. The van der Waals surface area contributed by atoms with Crippen molar-refractivity contribution in [3.63, 3.8) is 0 Å². The first-order valence-corrected chi connectivity index (χ1v) is 8.44. The molecule has 0 unspecified atom stereocenters. The zero-order valence-corrected chi connectivity index (χ0v) is 14.2. The van der Waals surface area contributed by atoms with Crippen molar-refractivity contribution in [2.75, 3.05) is 24.8 Å². The van der Waals surface area contributed by atoms with Gasteiger partial charge < -0.3 is 14.8 Å². The van der Waals surface area contributed by atoms with Gasteiger partial charge in [-0.1, -0.05) is 24.3 Å². The van der Waals surface area contributed by atoms with Gasteiger partial charge in [-0.3, -0.25) is 4.79 Å². The van der Waals surface area contributed by atoms with E-state index in [4.69, 9.17) is 9.47 Å². The number of hydrogen-bond acceptors (Lipinski definition) is 4. The highest BCUT2D eigenvalue weighted by Crippen LogP contribution is 2.23. The molecule has 2 aromatic carbocycles. The van der Waals surface area contributed by atoms with Gasteiger partial charge in [-0.25, -0.2) is 0 Å². The van der Waals surface area contributed by atoms with E-state index in [9.17, 15) is 4.79 Å². The number of carbonyl (C=O) groups is 1. The third-order valence-corrected chi connectivity index (χ3v) is 4.16. The average Bonchev–Trinajstić information content (AvgIpc) is 2.59. The van der Waals surface area contributed by atoms with Gasteiger partial charge in [0.1, 0.15) is 5.75 Å². The fourth-order valence-corrected chi connectivity index (χ4v) is 2.75. The van der Waals surface area contributed by atoms with Crippen molar-refractivity contribution in [2.24, 2.45) is 0 Å². The molecule has 0 bridgehead atoms. The SMILES string of the molecule is CCOCc1ccccc1NC(=O)CSc1cccc(OC)c1. The molecule has 0 aliphatic heterocycles. The number of benzene rings is 2. The number of rotatable bonds is 8. The summed E-state index contributed by atoms with van der Waals surface area (Å²) in [4.78, 5) is 13.2. The van der Waals surface area contributed by atoms with Gasteiger partial charge in [0.25, 0.3) is 0 Å². The smallest absolute Gasteiger partial charge is 0.234 e. The highest BCUT2D eigenvalue weighted by Gasteiger charge is 2.08. The largest absolute Gasteiger partial charge is 0.497 e. The molecule has 0 aliphatic rings. The first kappa shape index (κ1) is 17.4. The van der Waals surface area contributed by atoms with Gasteiger partial charge in [0.2, 0.25) is 5.91 Å². The van der Waals surface area contributed by atoms with E-state index in [0.29, 0.717) is 19.0 Å². The van der Waals surface area contributed by atoms with Crippen molar-refractivity contribution in [3.05, 3.63) is 54.1 Å². The van der Waals surface area contributed by atoms with E-state index in [1.54, 1.807) is 7.11 Å². The molecule has 1 N–H and O–H groups in total. The van der Waals surface area contributed by atoms with Gasteiger partial charge in [-0.15, -0.1) is 11.8 Å². The summed E-state index contributed by atoms with van der Waals surface area (Å²) in [6.45, 7) is 3.09. The Kier molecular flexibility index (Phi) is 6.97. The van der Waals surface area contributed by atoms with Crippen LogP contribution in [0.4, 0.5) is 5.69 Å². The number of hydrogen-bond donors (Lipinski definition) is 1. The number of anilines is 1. The van der Waals surface area contributed by atoms with Gasteiger partial charge in [0.15, 0.2) is 0 Å². The Morgan fingerprint density at radius 3 is 2.78 bits per heavy atom. The number of ether oxygens (including phenoxy) is 2. The lowest BCUT2D eigenvalue weighted by molar-refractivity contribution is -0.113. The Hall–Kier alpha value is -1.98. The molecular formula is C18H21NO3S. The highest BCUT2D eigenvalue weighted by molar-refractivity contribution is 8.00. The molecule has 0 aromatic heterocycles. The van der Waals surface area contributed by atoms with E-state index in [1.807, 2.05) is 55.5 Å². The number of nitrogens with one attached hydrogen (secondary N) is 1. The number of para-hydroxylation sites is 1.